The molecule has 1 amide bonds. The molecular formula is C21H25FN2O2. The Morgan fingerprint density at radius 2 is 1.92 bits per heavy atom. The molecule has 0 saturated carbocycles. The predicted molar refractivity (Wildman–Crippen MR) is 99.3 cm³/mol. The molecule has 1 aliphatic heterocycles. The first-order chi connectivity index (χ1) is 12.5. The number of hydrogen-bond acceptors (Lipinski definition) is 3. The molecule has 1 aliphatic rings. The molecule has 1 heterocycles. The molecule has 5 heteroatoms. The number of halogens is 1. The second-order valence-corrected chi connectivity index (χ2v) is 7.01. The van der Waals surface area contributed by atoms with Gasteiger partial charge in [-0.3, -0.25) is 9.69 Å². The summed E-state index contributed by atoms with van der Waals surface area (Å²) in [5, 5.41) is 3.10. The van der Waals surface area contributed by atoms with Gasteiger partial charge in [0, 0.05) is 18.7 Å². The number of benzene rings is 2. The van der Waals surface area contributed by atoms with Gasteiger partial charge in [0.25, 0.3) is 0 Å². The lowest BCUT2D eigenvalue weighted by atomic mass is 9.96. The van der Waals surface area contributed by atoms with E-state index in [4.69, 9.17) is 4.74 Å². The standard InChI is InChI=1S/C21H25FN2O2/c1-15(2)21(16-7-9-18(22)10-8-16)23-20(25)14-24-11-12-26-19-6-4-3-5-17(19)13-24/h3-10,15,21H,11-14H2,1-2H3,(H,23,25). The quantitative estimate of drug-likeness (QED) is 0.891. The third kappa shape index (κ3) is 4.61. The van der Waals surface area contributed by atoms with Crippen LogP contribution >= 0.6 is 0 Å². The zero-order chi connectivity index (χ0) is 18.5. The molecule has 138 valence electrons. The Morgan fingerprint density at radius 1 is 1.19 bits per heavy atom. The van der Waals surface area contributed by atoms with E-state index >= 15 is 0 Å². The highest BCUT2D eigenvalue weighted by Crippen LogP contribution is 2.23. The van der Waals surface area contributed by atoms with E-state index in [1.54, 1.807) is 12.1 Å². The van der Waals surface area contributed by atoms with Crippen molar-refractivity contribution >= 4 is 5.91 Å². The lowest BCUT2D eigenvalue weighted by molar-refractivity contribution is -0.123. The number of nitrogens with zero attached hydrogens (tertiary/aromatic N) is 1. The lowest BCUT2D eigenvalue weighted by Gasteiger charge is -2.25. The van der Waals surface area contributed by atoms with Crippen LogP contribution < -0.4 is 10.1 Å². The summed E-state index contributed by atoms with van der Waals surface area (Å²) in [5.74, 6) is 0.789. The zero-order valence-corrected chi connectivity index (χ0v) is 15.2. The lowest BCUT2D eigenvalue weighted by Crippen LogP contribution is -2.40. The van der Waals surface area contributed by atoms with Gasteiger partial charge in [-0.2, -0.15) is 0 Å². The minimum Gasteiger partial charge on any atom is -0.492 e. The molecule has 0 aromatic heterocycles. The van der Waals surface area contributed by atoms with Crippen molar-refractivity contribution in [2.75, 3.05) is 19.7 Å². The van der Waals surface area contributed by atoms with Gasteiger partial charge in [-0.15, -0.1) is 0 Å². The Hall–Kier alpha value is -2.40. The Balaban J connectivity index is 1.64. The summed E-state index contributed by atoms with van der Waals surface area (Å²) in [6.45, 7) is 6.35. The van der Waals surface area contributed by atoms with Crippen molar-refractivity contribution in [2.45, 2.75) is 26.4 Å². The van der Waals surface area contributed by atoms with Gasteiger partial charge in [0.1, 0.15) is 18.2 Å². The summed E-state index contributed by atoms with van der Waals surface area (Å²) in [5.41, 5.74) is 2.01. The second kappa shape index (κ2) is 8.32. The Morgan fingerprint density at radius 3 is 2.65 bits per heavy atom. The molecule has 0 bridgehead atoms. The van der Waals surface area contributed by atoms with Crippen LogP contribution in [0.1, 0.15) is 31.0 Å². The van der Waals surface area contributed by atoms with Crippen molar-refractivity contribution in [3.05, 3.63) is 65.5 Å². The van der Waals surface area contributed by atoms with Crippen LogP contribution in [0, 0.1) is 11.7 Å². The van der Waals surface area contributed by atoms with Crippen molar-refractivity contribution in [1.82, 2.24) is 10.2 Å². The number of ether oxygens (including phenoxy) is 1. The number of rotatable bonds is 5. The molecule has 0 aliphatic carbocycles. The monoisotopic (exact) mass is 356 g/mol. The maximum absolute atomic E-state index is 13.2. The summed E-state index contributed by atoms with van der Waals surface area (Å²) < 4.78 is 18.9. The number of nitrogens with one attached hydrogen (secondary N) is 1. The molecule has 1 N–H and O–H groups in total. The molecule has 0 spiro atoms. The smallest absolute Gasteiger partial charge is 0.234 e. The summed E-state index contributed by atoms with van der Waals surface area (Å²) in [7, 11) is 0. The van der Waals surface area contributed by atoms with Gasteiger partial charge in [-0.1, -0.05) is 44.2 Å². The fourth-order valence-electron chi connectivity index (χ4n) is 3.24. The summed E-state index contributed by atoms with van der Waals surface area (Å²) in [6, 6.07) is 14.1. The first-order valence-electron chi connectivity index (χ1n) is 9.01. The number of hydrogen-bond donors (Lipinski definition) is 1. The van der Waals surface area contributed by atoms with Gasteiger partial charge >= 0.3 is 0 Å². The first kappa shape index (κ1) is 18.4. The number of fused-ring (bicyclic) bond motifs is 1. The van der Waals surface area contributed by atoms with Crippen LogP contribution in [-0.4, -0.2) is 30.5 Å². The minimum absolute atomic E-state index is 0.0348. The van der Waals surface area contributed by atoms with Crippen LogP contribution in [0.15, 0.2) is 48.5 Å². The van der Waals surface area contributed by atoms with Gasteiger partial charge < -0.3 is 10.1 Å². The van der Waals surface area contributed by atoms with Crippen LogP contribution in [0.3, 0.4) is 0 Å². The molecule has 0 saturated heterocycles. The molecule has 4 nitrogen and oxygen atoms in total. The maximum Gasteiger partial charge on any atom is 0.234 e. The van der Waals surface area contributed by atoms with E-state index in [1.807, 2.05) is 38.1 Å². The summed E-state index contributed by atoms with van der Waals surface area (Å²) in [6.07, 6.45) is 0. The Bertz CT molecular complexity index is 746. The van der Waals surface area contributed by atoms with Gasteiger partial charge in [0.2, 0.25) is 5.91 Å². The SMILES string of the molecule is CC(C)C(NC(=O)CN1CCOc2ccccc2C1)c1ccc(F)cc1. The largest absolute Gasteiger partial charge is 0.492 e. The number of carbonyl (C=O) groups is 1. The molecule has 0 fully saturated rings. The molecule has 1 atom stereocenters. The number of para-hydroxylation sites is 1. The topological polar surface area (TPSA) is 41.6 Å². The molecule has 0 radical (unpaired) electrons. The highest BCUT2D eigenvalue weighted by Gasteiger charge is 2.21. The zero-order valence-electron chi connectivity index (χ0n) is 15.2. The van der Waals surface area contributed by atoms with Crippen LogP contribution in [0.5, 0.6) is 5.75 Å². The average Bonchev–Trinajstić information content (AvgIpc) is 2.82. The molecule has 2 aromatic carbocycles. The van der Waals surface area contributed by atoms with Crippen molar-refractivity contribution in [2.24, 2.45) is 5.92 Å². The van der Waals surface area contributed by atoms with Gasteiger partial charge in [-0.25, -0.2) is 4.39 Å². The maximum atomic E-state index is 13.2. The molecule has 1 unspecified atom stereocenters. The van der Waals surface area contributed by atoms with Gasteiger partial charge in [0.15, 0.2) is 0 Å². The Labute approximate surface area is 154 Å². The third-order valence-corrected chi connectivity index (χ3v) is 4.61. The van der Waals surface area contributed by atoms with Crippen molar-refractivity contribution in [3.8, 4) is 5.75 Å². The highest BCUT2D eigenvalue weighted by atomic mass is 19.1. The van der Waals surface area contributed by atoms with Crippen molar-refractivity contribution < 1.29 is 13.9 Å². The normalized spacial score (nSPS) is 15.7. The van der Waals surface area contributed by atoms with Crippen LogP contribution in [0.2, 0.25) is 0 Å². The fourth-order valence-corrected chi connectivity index (χ4v) is 3.24. The third-order valence-electron chi connectivity index (χ3n) is 4.61. The predicted octanol–water partition coefficient (Wildman–Crippen LogP) is 3.53. The van der Waals surface area contributed by atoms with E-state index in [9.17, 15) is 9.18 Å². The van der Waals surface area contributed by atoms with Crippen molar-refractivity contribution in [3.63, 3.8) is 0 Å². The second-order valence-electron chi connectivity index (χ2n) is 7.01. The van der Waals surface area contributed by atoms with E-state index in [0.717, 1.165) is 16.9 Å². The Kier molecular flexibility index (Phi) is 5.89. The highest BCUT2D eigenvalue weighted by molar-refractivity contribution is 5.78. The molecular weight excluding hydrogens is 331 g/mol. The van der Waals surface area contributed by atoms with Crippen LogP contribution in [0.25, 0.3) is 0 Å². The molecule has 2 aromatic rings. The van der Waals surface area contributed by atoms with E-state index in [0.29, 0.717) is 26.2 Å². The van der Waals surface area contributed by atoms with Crippen LogP contribution in [0.4, 0.5) is 4.39 Å². The molecule has 26 heavy (non-hydrogen) atoms. The van der Waals surface area contributed by atoms with Gasteiger partial charge in [0.05, 0.1) is 12.6 Å². The average molecular weight is 356 g/mol. The summed E-state index contributed by atoms with van der Waals surface area (Å²) >= 11 is 0. The van der Waals surface area contributed by atoms with Crippen molar-refractivity contribution in [1.29, 1.82) is 0 Å². The fraction of sp³-hybridized carbons (Fsp3) is 0.381. The van der Waals surface area contributed by atoms with Crippen LogP contribution in [-0.2, 0) is 11.3 Å². The van der Waals surface area contributed by atoms with E-state index in [2.05, 4.69) is 10.2 Å². The minimum atomic E-state index is -0.272. The number of carbonyl (C=O) groups excluding carboxylic acids is 1. The number of amides is 1. The summed E-state index contributed by atoms with van der Waals surface area (Å²) in [4.78, 5) is 14.7. The van der Waals surface area contributed by atoms with Gasteiger partial charge in [-0.05, 0) is 29.7 Å². The van der Waals surface area contributed by atoms with E-state index in [1.165, 1.54) is 12.1 Å². The molecule has 3 rings (SSSR count). The van der Waals surface area contributed by atoms with E-state index < -0.39 is 0 Å². The first-order valence-corrected chi connectivity index (χ1v) is 9.01. The van der Waals surface area contributed by atoms with E-state index in [-0.39, 0.29) is 23.7 Å².